The van der Waals surface area contributed by atoms with Crippen LogP contribution in [0.15, 0.2) is 91.0 Å². The number of aryl methyl sites for hydroxylation is 2. The summed E-state index contributed by atoms with van der Waals surface area (Å²) in [6, 6.07) is 26.2. The van der Waals surface area contributed by atoms with Crippen LogP contribution in [0.1, 0.15) is 31.8 Å². The van der Waals surface area contributed by atoms with E-state index in [2.05, 4.69) is 0 Å². The van der Waals surface area contributed by atoms with Crippen molar-refractivity contribution >= 4 is 11.9 Å². The number of halogens is 1. The van der Waals surface area contributed by atoms with Gasteiger partial charge in [-0.1, -0.05) is 54.6 Å². The first kappa shape index (κ1) is 23.4. The van der Waals surface area contributed by atoms with Gasteiger partial charge in [0.25, 0.3) is 0 Å². The maximum absolute atomic E-state index is 13.1. The molecule has 0 aliphatic carbocycles. The Morgan fingerprint density at radius 3 is 1.55 bits per heavy atom. The molecule has 4 aromatic carbocycles. The van der Waals surface area contributed by atoms with E-state index in [1.54, 1.807) is 36.4 Å². The molecule has 0 atom stereocenters. The third-order valence-electron chi connectivity index (χ3n) is 5.17. The van der Waals surface area contributed by atoms with Crippen molar-refractivity contribution in [3.05, 3.63) is 119 Å². The minimum Gasteiger partial charge on any atom is -0.478 e. The molecule has 4 rings (SSSR count). The molecule has 0 fully saturated rings. The Bertz CT molecular complexity index is 1300. The van der Waals surface area contributed by atoms with Crippen molar-refractivity contribution in [1.29, 1.82) is 0 Å². The van der Waals surface area contributed by atoms with Gasteiger partial charge in [0.05, 0.1) is 11.1 Å². The molecule has 0 aromatic heterocycles. The predicted molar refractivity (Wildman–Crippen MR) is 127 cm³/mol. The number of carboxylic acid groups (broad SMARTS) is 2. The average molecular weight is 442 g/mol. The number of carbonyl (C=O) groups is 2. The SMILES string of the molecule is Cc1cc(C(=O)O)ccc1-c1cccc(F)c1.Cc1cc(C(=O)O)ccc1-c1ccccc1. The van der Waals surface area contributed by atoms with Gasteiger partial charge in [0.1, 0.15) is 5.82 Å². The van der Waals surface area contributed by atoms with E-state index in [9.17, 15) is 14.0 Å². The molecule has 4 aromatic rings. The fourth-order valence-electron chi connectivity index (χ4n) is 3.51. The molecule has 33 heavy (non-hydrogen) atoms. The van der Waals surface area contributed by atoms with Crippen LogP contribution < -0.4 is 0 Å². The van der Waals surface area contributed by atoms with Crippen LogP contribution in [-0.4, -0.2) is 22.2 Å². The van der Waals surface area contributed by atoms with Gasteiger partial charge in [-0.2, -0.15) is 0 Å². The van der Waals surface area contributed by atoms with E-state index in [0.717, 1.165) is 33.4 Å². The highest BCUT2D eigenvalue weighted by molar-refractivity contribution is 5.89. The van der Waals surface area contributed by atoms with Crippen molar-refractivity contribution in [3.8, 4) is 22.3 Å². The maximum Gasteiger partial charge on any atom is 0.335 e. The van der Waals surface area contributed by atoms with Crippen LogP contribution in [0.5, 0.6) is 0 Å². The van der Waals surface area contributed by atoms with E-state index >= 15 is 0 Å². The van der Waals surface area contributed by atoms with Crippen LogP contribution in [0.4, 0.5) is 4.39 Å². The van der Waals surface area contributed by atoms with Crippen molar-refractivity contribution in [2.24, 2.45) is 0 Å². The summed E-state index contributed by atoms with van der Waals surface area (Å²) < 4.78 is 13.1. The van der Waals surface area contributed by atoms with E-state index in [4.69, 9.17) is 10.2 Å². The largest absolute Gasteiger partial charge is 0.478 e. The highest BCUT2D eigenvalue weighted by atomic mass is 19.1. The van der Waals surface area contributed by atoms with Gasteiger partial charge in [-0.05, 0) is 83.6 Å². The third-order valence-corrected chi connectivity index (χ3v) is 5.17. The van der Waals surface area contributed by atoms with Crippen molar-refractivity contribution in [3.63, 3.8) is 0 Å². The Balaban J connectivity index is 0.000000186. The molecule has 2 N–H and O–H groups in total. The average Bonchev–Trinajstić information content (AvgIpc) is 2.80. The summed E-state index contributed by atoms with van der Waals surface area (Å²) in [6.45, 7) is 3.74. The topological polar surface area (TPSA) is 74.6 Å². The van der Waals surface area contributed by atoms with Crippen molar-refractivity contribution < 1.29 is 24.2 Å². The standard InChI is InChI=1S/C14H11FO2.C14H12O2/c1-9-7-11(14(16)17)5-6-13(9)10-3-2-4-12(15)8-10;1-10-9-12(14(15)16)7-8-13(10)11-5-3-2-4-6-11/h2-8H,1H3,(H,16,17);2-9H,1H3,(H,15,16). The lowest BCUT2D eigenvalue weighted by atomic mass is 9.98. The monoisotopic (exact) mass is 442 g/mol. The third kappa shape index (κ3) is 5.92. The zero-order valence-electron chi connectivity index (χ0n) is 18.2. The fraction of sp³-hybridized carbons (Fsp3) is 0.0714. The molecule has 0 heterocycles. The molecule has 4 nitrogen and oxygen atoms in total. The lowest BCUT2D eigenvalue weighted by molar-refractivity contribution is 0.0686. The van der Waals surface area contributed by atoms with Gasteiger partial charge < -0.3 is 10.2 Å². The van der Waals surface area contributed by atoms with E-state index in [1.807, 2.05) is 50.2 Å². The van der Waals surface area contributed by atoms with Crippen molar-refractivity contribution in [2.45, 2.75) is 13.8 Å². The molecule has 166 valence electrons. The Morgan fingerprint density at radius 2 is 1.09 bits per heavy atom. The van der Waals surface area contributed by atoms with Gasteiger partial charge in [-0.15, -0.1) is 0 Å². The van der Waals surface area contributed by atoms with Crippen molar-refractivity contribution in [2.75, 3.05) is 0 Å². The molecular weight excluding hydrogens is 419 g/mol. The zero-order valence-corrected chi connectivity index (χ0v) is 18.2. The van der Waals surface area contributed by atoms with Gasteiger partial charge in [0, 0.05) is 0 Å². The zero-order chi connectivity index (χ0) is 24.0. The molecule has 0 aliphatic heterocycles. The molecular formula is C28H23FO4. The number of aromatic carboxylic acids is 2. The Labute approximate surface area is 191 Å². The Kier molecular flexibility index (Phi) is 7.36. The van der Waals surface area contributed by atoms with Crippen molar-refractivity contribution in [1.82, 2.24) is 0 Å². The van der Waals surface area contributed by atoms with Crippen LogP contribution in [0, 0.1) is 19.7 Å². The number of hydrogen-bond donors (Lipinski definition) is 2. The minimum absolute atomic E-state index is 0.239. The van der Waals surface area contributed by atoms with Crippen LogP contribution in [-0.2, 0) is 0 Å². The number of carboxylic acids is 2. The minimum atomic E-state index is -0.959. The molecule has 0 spiro atoms. The number of hydrogen-bond acceptors (Lipinski definition) is 2. The first-order chi connectivity index (χ1) is 15.8. The fourth-order valence-corrected chi connectivity index (χ4v) is 3.51. The summed E-state index contributed by atoms with van der Waals surface area (Å²) >= 11 is 0. The van der Waals surface area contributed by atoms with Gasteiger partial charge in [-0.3, -0.25) is 0 Å². The summed E-state index contributed by atoms with van der Waals surface area (Å²) in [5, 5.41) is 17.7. The van der Waals surface area contributed by atoms with E-state index in [-0.39, 0.29) is 11.4 Å². The molecule has 0 saturated heterocycles. The predicted octanol–water partition coefficient (Wildman–Crippen LogP) is 6.86. The highest BCUT2D eigenvalue weighted by Gasteiger charge is 2.08. The van der Waals surface area contributed by atoms with Gasteiger partial charge in [-0.25, -0.2) is 14.0 Å². The molecule has 0 unspecified atom stereocenters. The van der Waals surface area contributed by atoms with Gasteiger partial charge >= 0.3 is 11.9 Å². The quantitative estimate of drug-likeness (QED) is 0.362. The normalized spacial score (nSPS) is 10.2. The first-order valence-electron chi connectivity index (χ1n) is 10.3. The second-order valence-electron chi connectivity index (χ2n) is 7.55. The second-order valence-corrected chi connectivity index (χ2v) is 7.55. The second kappa shape index (κ2) is 10.4. The number of rotatable bonds is 4. The highest BCUT2D eigenvalue weighted by Crippen LogP contribution is 2.25. The van der Waals surface area contributed by atoms with Crippen LogP contribution in [0.25, 0.3) is 22.3 Å². The lowest BCUT2D eigenvalue weighted by Gasteiger charge is -2.07. The molecule has 0 saturated carbocycles. The molecule has 5 heteroatoms. The van der Waals surface area contributed by atoms with Crippen LogP contribution in [0.2, 0.25) is 0 Å². The lowest BCUT2D eigenvalue weighted by Crippen LogP contribution is -1.97. The Morgan fingerprint density at radius 1 is 0.606 bits per heavy atom. The molecule has 0 aliphatic rings. The number of benzene rings is 4. The van der Waals surface area contributed by atoms with E-state index in [1.165, 1.54) is 18.2 Å². The summed E-state index contributed by atoms with van der Waals surface area (Å²) in [5.41, 5.74) is 6.14. The molecule has 0 radical (unpaired) electrons. The van der Waals surface area contributed by atoms with Gasteiger partial charge in [0.2, 0.25) is 0 Å². The summed E-state index contributed by atoms with van der Waals surface area (Å²) in [6.07, 6.45) is 0. The van der Waals surface area contributed by atoms with Crippen LogP contribution in [0.3, 0.4) is 0 Å². The van der Waals surface area contributed by atoms with Gasteiger partial charge in [0.15, 0.2) is 0 Å². The van der Waals surface area contributed by atoms with Crippen LogP contribution >= 0.6 is 0 Å². The molecule has 0 amide bonds. The summed E-state index contributed by atoms with van der Waals surface area (Å²) in [4.78, 5) is 21.6. The summed E-state index contributed by atoms with van der Waals surface area (Å²) in [7, 11) is 0. The molecule has 0 bridgehead atoms. The van der Waals surface area contributed by atoms with E-state index in [0.29, 0.717) is 5.56 Å². The summed E-state index contributed by atoms with van der Waals surface area (Å²) in [5.74, 6) is -2.15. The first-order valence-corrected chi connectivity index (χ1v) is 10.3. The van der Waals surface area contributed by atoms with E-state index < -0.39 is 11.9 Å². The Hall–Kier alpha value is -4.25. The smallest absolute Gasteiger partial charge is 0.335 e. The maximum atomic E-state index is 13.1.